The molecule has 0 unspecified atom stereocenters. The molecule has 74 valence electrons. The Morgan fingerprint density at radius 3 is 2.85 bits per heavy atom. The highest BCUT2D eigenvalue weighted by molar-refractivity contribution is 5.86. The molecule has 6 nitrogen and oxygen atoms in total. The Morgan fingerprint density at radius 2 is 2.31 bits per heavy atom. The summed E-state index contributed by atoms with van der Waals surface area (Å²) >= 11 is 0. The monoisotopic (exact) mass is 188 g/mol. The van der Waals surface area contributed by atoms with Gasteiger partial charge >= 0.3 is 6.16 Å². The molecule has 1 rings (SSSR count). The van der Waals surface area contributed by atoms with E-state index < -0.39 is 11.7 Å². The lowest BCUT2D eigenvalue weighted by atomic mass is 10.0. The largest absolute Gasteiger partial charge is 0.530 e. The van der Waals surface area contributed by atoms with Crippen LogP contribution in [0, 0.1) is 0 Å². The first-order valence-corrected chi connectivity index (χ1v) is 3.91. The summed E-state index contributed by atoms with van der Waals surface area (Å²) in [5, 5.41) is 12.1. The van der Waals surface area contributed by atoms with Crippen LogP contribution in [-0.4, -0.2) is 40.9 Å². The molecule has 0 aromatic heterocycles. The van der Waals surface area contributed by atoms with Crippen LogP contribution in [0.2, 0.25) is 0 Å². The number of hydrogen-bond donors (Lipinski definition) is 2. The van der Waals surface area contributed by atoms with Gasteiger partial charge in [0.15, 0.2) is 0 Å². The third-order valence-corrected chi connectivity index (χ3v) is 1.83. The molecule has 1 amide bonds. The zero-order valence-electron chi connectivity index (χ0n) is 7.53. The standard InChI is InChI=1S/C7H12N2O4/c1-7(2)5(10)9(4-3-8-7)13-6(11)12/h8H,3-4H2,1-2H3,(H,11,12). The van der Waals surface area contributed by atoms with Crippen molar-refractivity contribution in [3.05, 3.63) is 0 Å². The summed E-state index contributed by atoms with van der Waals surface area (Å²) in [4.78, 5) is 25.9. The Balaban J connectivity index is 2.66. The zero-order chi connectivity index (χ0) is 10.1. The topological polar surface area (TPSA) is 78.9 Å². The maximum atomic E-state index is 11.5. The smallest absolute Gasteiger partial charge is 0.448 e. The fraction of sp³-hybridized carbons (Fsp3) is 0.714. The number of nitrogens with zero attached hydrogens (tertiary/aromatic N) is 1. The normalized spacial score (nSPS) is 21.4. The fourth-order valence-corrected chi connectivity index (χ4v) is 1.14. The summed E-state index contributed by atoms with van der Waals surface area (Å²) in [6.07, 6.45) is -1.47. The summed E-state index contributed by atoms with van der Waals surface area (Å²) < 4.78 is 0. The lowest BCUT2D eigenvalue weighted by Crippen LogP contribution is -2.61. The predicted octanol–water partition coefficient (Wildman–Crippen LogP) is -0.194. The van der Waals surface area contributed by atoms with Crippen molar-refractivity contribution >= 4 is 12.1 Å². The van der Waals surface area contributed by atoms with E-state index in [1.165, 1.54) is 0 Å². The molecule has 0 aromatic rings. The van der Waals surface area contributed by atoms with Crippen LogP contribution in [0.25, 0.3) is 0 Å². The number of carbonyl (C=O) groups excluding carboxylic acids is 1. The molecule has 0 aromatic carbocycles. The lowest BCUT2D eigenvalue weighted by Gasteiger charge is -2.35. The van der Waals surface area contributed by atoms with Gasteiger partial charge in [-0.25, -0.2) is 4.79 Å². The van der Waals surface area contributed by atoms with Crippen molar-refractivity contribution in [3.63, 3.8) is 0 Å². The van der Waals surface area contributed by atoms with Gasteiger partial charge in [-0.2, -0.15) is 5.06 Å². The highest BCUT2D eigenvalue weighted by Crippen LogP contribution is 2.12. The van der Waals surface area contributed by atoms with E-state index in [0.717, 1.165) is 5.06 Å². The first-order chi connectivity index (χ1) is 5.93. The van der Waals surface area contributed by atoms with Gasteiger partial charge in [-0.1, -0.05) is 0 Å². The fourth-order valence-electron chi connectivity index (χ4n) is 1.14. The Kier molecular flexibility index (Phi) is 2.42. The molecule has 1 saturated heterocycles. The van der Waals surface area contributed by atoms with Gasteiger partial charge in [-0.15, -0.1) is 0 Å². The molecule has 13 heavy (non-hydrogen) atoms. The predicted molar refractivity (Wildman–Crippen MR) is 42.9 cm³/mol. The Bertz CT molecular complexity index is 239. The first-order valence-electron chi connectivity index (χ1n) is 3.91. The third kappa shape index (κ3) is 2.09. The van der Waals surface area contributed by atoms with Crippen molar-refractivity contribution in [3.8, 4) is 0 Å². The summed E-state index contributed by atoms with van der Waals surface area (Å²) in [6, 6.07) is 0. The number of amides is 1. The van der Waals surface area contributed by atoms with Crippen LogP contribution < -0.4 is 5.32 Å². The van der Waals surface area contributed by atoms with E-state index in [0.29, 0.717) is 6.54 Å². The summed E-state index contributed by atoms with van der Waals surface area (Å²) in [6.45, 7) is 4.11. The Morgan fingerprint density at radius 1 is 1.69 bits per heavy atom. The van der Waals surface area contributed by atoms with Gasteiger partial charge in [0, 0.05) is 6.54 Å². The molecule has 2 N–H and O–H groups in total. The van der Waals surface area contributed by atoms with E-state index in [-0.39, 0.29) is 12.5 Å². The van der Waals surface area contributed by atoms with E-state index in [9.17, 15) is 9.59 Å². The van der Waals surface area contributed by atoms with Crippen LogP contribution in [-0.2, 0) is 9.63 Å². The SMILES string of the molecule is CC1(C)NCCN(OC(=O)O)C1=O. The maximum Gasteiger partial charge on any atom is 0.530 e. The zero-order valence-corrected chi connectivity index (χ0v) is 7.53. The molecule has 0 atom stereocenters. The highest BCUT2D eigenvalue weighted by Gasteiger charge is 2.37. The molecule has 1 aliphatic rings. The van der Waals surface area contributed by atoms with E-state index >= 15 is 0 Å². The van der Waals surface area contributed by atoms with Crippen molar-refractivity contribution in [1.82, 2.24) is 10.4 Å². The number of rotatable bonds is 1. The molecule has 0 aliphatic carbocycles. The molecule has 1 aliphatic heterocycles. The average Bonchev–Trinajstić information content (AvgIpc) is 1.98. The summed E-state index contributed by atoms with van der Waals surface area (Å²) in [7, 11) is 0. The quantitative estimate of drug-likeness (QED) is 0.596. The molecule has 0 bridgehead atoms. The Hall–Kier alpha value is -1.30. The molecule has 0 saturated carbocycles. The average molecular weight is 188 g/mol. The van der Waals surface area contributed by atoms with Gasteiger partial charge < -0.3 is 15.3 Å². The maximum absolute atomic E-state index is 11.5. The molecular weight excluding hydrogens is 176 g/mol. The summed E-state index contributed by atoms with van der Waals surface area (Å²) in [5.74, 6) is -0.374. The number of carbonyl (C=O) groups is 2. The minimum Gasteiger partial charge on any atom is -0.448 e. The van der Waals surface area contributed by atoms with Gasteiger partial charge in [0.05, 0.1) is 12.1 Å². The van der Waals surface area contributed by atoms with Crippen LogP contribution in [0.5, 0.6) is 0 Å². The number of piperazine rings is 1. The second-order valence-corrected chi connectivity index (χ2v) is 3.32. The van der Waals surface area contributed by atoms with Gasteiger partial charge in [-0.3, -0.25) is 4.79 Å². The van der Waals surface area contributed by atoms with E-state index in [1.54, 1.807) is 13.8 Å². The molecular formula is C7H12N2O4. The van der Waals surface area contributed by atoms with E-state index in [4.69, 9.17) is 5.11 Å². The van der Waals surface area contributed by atoms with Gasteiger partial charge in [0.2, 0.25) is 0 Å². The molecule has 0 spiro atoms. The Labute approximate surface area is 75.4 Å². The van der Waals surface area contributed by atoms with E-state index in [1.807, 2.05) is 0 Å². The number of carboxylic acid groups (broad SMARTS) is 1. The van der Waals surface area contributed by atoms with Gasteiger partial charge in [0.1, 0.15) is 0 Å². The van der Waals surface area contributed by atoms with Crippen molar-refractivity contribution in [2.24, 2.45) is 0 Å². The second kappa shape index (κ2) is 3.21. The first kappa shape index (κ1) is 9.79. The second-order valence-electron chi connectivity index (χ2n) is 3.32. The van der Waals surface area contributed by atoms with Crippen molar-refractivity contribution in [2.45, 2.75) is 19.4 Å². The van der Waals surface area contributed by atoms with Crippen molar-refractivity contribution in [2.75, 3.05) is 13.1 Å². The molecule has 0 radical (unpaired) electrons. The number of hydroxylamine groups is 2. The molecule has 1 fully saturated rings. The minimum absolute atomic E-state index is 0.245. The van der Waals surface area contributed by atoms with Crippen LogP contribution in [0.1, 0.15) is 13.8 Å². The van der Waals surface area contributed by atoms with Gasteiger partial charge in [0.25, 0.3) is 5.91 Å². The van der Waals surface area contributed by atoms with Crippen LogP contribution in [0.4, 0.5) is 4.79 Å². The molecule has 6 heteroatoms. The van der Waals surface area contributed by atoms with Crippen LogP contribution in [0.15, 0.2) is 0 Å². The van der Waals surface area contributed by atoms with Crippen molar-refractivity contribution in [1.29, 1.82) is 0 Å². The van der Waals surface area contributed by atoms with Gasteiger partial charge in [-0.05, 0) is 13.8 Å². The van der Waals surface area contributed by atoms with Crippen LogP contribution >= 0.6 is 0 Å². The van der Waals surface area contributed by atoms with Crippen molar-refractivity contribution < 1.29 is 19.5 Å². The summed E-state index contributed by atoms with van der Waals surface area (Å²) in [5.41, 5.74) is -0.756. The highest BCUT2D eigenvalue weighted by atomic mass is 16.8. The van der Waals surface area contributed by atoms with E-state index in [2.05, 4.69) is 10.2 Å². The molecule has 1 heterocycles. The number of hydrogen-bond acceptors (Lipinski definition) is 4. The van der Waals surface area contributed by atoms with Crippen LogP contribution in [0.3, 0.4) is 0 Å². The third-order valence-electron chi connectivity index (χ3n) is 1.83. The number of nitrogens with one attached hydrogen (secondary N) is 1. The lowest BCUT2D eigenvalue weighted by molar-refractivity contribution is -0.182. The minimum atomic E-state index is -1.47.